The number of hydrogen-bond acceptors (Lipinski definition) is 8. The van der Waals surface area contributed by atoms with Crippen LogP contribution in [0.2, 0.25) is 0 Å². The number of aliphatic hydroxyl groups is 2. The van der Waals surface area contributed by atoms with E-state index in [1.54, 1.807) is 31.4 Å². The fourth-order valence-corrected chi connectivity index (χ4v) is 9.68. The van der Waals surface area contributed by atoms with E-state index in [0.29, 0.717) is 48.7 Å². The Labute approximate surface area is 320 Å². The summed E-state index contributed by atoms with van der Waals surface area (Å²) in [5.41, 5.74) is 3.19. The van der Waals surface area contributed by atoms with Gasteiger partial charge in [-0.05, 0) is 79.7 Å². The van der Waals surface area contributed by atoms with Crippen molar-refractivity contribution in [1.29, 1.82) is 0 Å². The minimum atomic E-state index is -1.27. The molecular weight excluding hydrogens is 687 g/mol. The molecule has 3 aliphatic carbocycles. The maximum absolute atomic E-state index is 14.6. The molecule has 54 heavy (non-hydrogen) atoms. The Kier molecular flexibility index (Phi) is 13.9. The highest BCUT2D eigenvalue weighted by molar-refractivity contribution is 6.03. The smallest absolute Gasteiger partial charge is 0.239 e. The molecule has 2 saturated carbocycles. The molecule has 4 aliphatic rings. The maximum atomic E-state index is 14.6. The molecule has 6 unspecified atom stereocenters. The lowest BCUT2D eigenvalue weighted by molar-refractivity contribution is -0.255. The lowest BCUT2D eigenvalue weighted by Crippen LogP contribution is -2.69. The summed E-state index contributed by atoms with van der Waals surface area (Å²) in [6, 6.07) is 11.9. The van der Waals surface area contributed by atoms with Crippen LogP contribution in [0, 0.1) is 29.5 Å². The van der Waals surface area contributed by atoms with Crippen molar-refractivity contribution < 1.29 is 38.4 Å². The van der Waals surface area contributed by atoms with E-state index in [0.717, 1.165) is 49.0 Å². The fraction of sp³-hybridized carbons (Fsp3) is 0.591. The molecule has 294 valence electrons. The zero-order chi connectivity index (χ0) is 38.1. The van der Waals surface area contributed by atoms with E-state index in [9.17, 15) is 19.4 Å². The van der Waals surface area contributed by atoms with Crippen LogP contribution >= 0.6 is 0 Å². The van der Waals surface area contributed by atoms with E-state index in [-0.39, 0.29) is 61.8 Å². The molecule has 1 amide bonds. The molecular formula is C44H59FN2O7. The van der Waals surface area contributed by atoms with E-state index in [1.807, 2.05) is 30.1 Å². The van der Waals surface area contributed by atoms with Crippen LogP contribution in [0.5, 0.6) is 11.5 Å². The Morgan fingerprint density at radius 2 is 1.83 bits per heavy atom. The number of hydrogen-bond donors (Lipinski definition) is 2. The van der Waals surface area contributed by atoms with Gasteiger partial charge in [-0.25, -0.2) is 4.39 Å². The minimum absolute atomic E-state index is 0.0534. The number of rotatable bonds is 19. The van der Waals surface area contributed by atoms with Crippen molar-refractivity contribution in [2.24, 2.45) is 28.8 Å². The topological polar surface area (TPSA) is 110 Å². The molecule has 0 bridgehead atoms. The molecule has 6 rings (SSSR count). The number of fused-ring (bicyclic) bond motifs is 2. The highest BCUT2D eigenvalue weighted by Gasteiger charge is 2.65. The average molecular weight is 747 g/mol. The van der Waals surface area contributed by atoms with E-state index < -0.39 is 11.8 Å². The van der Waals surface area contributed by atoms with Crippen molar-refractivity contribution in [3.8, 4) is 11.5 Å². The van der Waals surface area contributed by atoms with Crippen molar-refractivity contribution in [1.82, 2.24) is 4.90 Å². The highest BCUT2D eigenvalue weighted by Crippen LogP contribution is 2.61. The number of amides is 1. The molecule has 6 atom stereocenters. The van der Waals surface area contributed by atoms with E-state index in [1.165, 1.54) is 31.7 Å². The molecule has 1 heterocycles. The van der Waals surface area contributed by atoms with Crippen LogP contribution in [-0.2, 0) is 21.0 Å². The van der Waals surface area contributed by atoms with Crippen molar-refractivity contribution in [3.63, 3.8) is 0 Å². The van der Waals surface area contributed by atoms with Crippen molar-refractivity contribution >= 4 is 11.6 Å². The quantitative estimate of drug-likeness (QED) is 0.0850. The minimum Gasteiger partial charge on any atom is -0.489 e. The van der Waals surface area contributed by atoms with Gasteiger partial charge in [0.1, 0.15) is 37.1 Å². The Morgan fingerprint density at radius 1 is 1.07 bits per heavy atom. The number of oxime groups is 1. The Balaban J connectivity index is 1.48. The van der Waals surface area contributed by atoms with Crippen LogP contribution in [0.25, 0.3) is 0 Å². The summed E-state index contributed by atoms with van der Waals surface area (Å²) in [7, 11) is 3.42. The van der Waals surface area contributed by atoms with Gasteiger partial charge in [-0.15, -0.1) is 6.58 Å². The molecule has 0 spiro atoms. The first-order valence-corrected chi connectivity index (χ1v) is 20.1. The number of carbonyl (C=O) groups excluding carboxylic acids is 1. The normalized spacial score (nSPS) is 26.7. The number of carbonyl (C=O) groups is 1. The fourth-order valence-electron chi connectivity index (χ4n) is 9.68. The third kappa shape index (κ3) is 8.56. The molecule has 2 aromatic rings. The average Bonchev–Trinajstić information content (AvgIpc) is 3.71. The first-order chi connectivity index (χ1) is 26.3. The zero-order valence-corrected chi connectivity index (χ0v) is 32.1. The number of likely N-dealkylation sites (N-methyl/N-ethyl adjacent to an activating group) is 1. The van der Waals surface area contributed by atoms with Crippen LogP contribution < -0.4 is 9.47 Å². The largest absolute Gasteiger partial charge is 0.489 e. The Morgan fingerprint density at radius 3 is 2.56 bits per heavy atom. The summed E-state index contributed by atoms with van der Waals surface area (Å²) < 4.78 is 35.0. The van der Waals surface area contributed by atoms with Crippen LogP contribution in [0.1, 0.15) is 101 Å². The summed E-state index contributed by atoms with van der Waals surface area (Å²) in [6.45, 7) is 4.51. The van der Waals surface area contributed by atoms with Gasteiger partial charge in [-0.1, -0.05) is 74.0 Å². The lowest BCUT2D eigenvalue weighted by atomic mass is 9.55. The molecule has 2 aromatic carbocycles. The summed E-state index contributed by atoms with van der Waals surface area (Å²) in [6.07, 6.45) is 15.3. The lowest BCUT2D eigenvalue weighted by Gasteiger charge is -2.59. The van der Waals surface area contributed by atoms with Gasteiger partial charge in [-0.2, -0.15) is 0 Å². The summed E-state index contributed by atoms with van der Waals surface area (Å²) in [5.74, 6) is -0.00570. The van der Waals surface area contributed by atoms with Crippen LogP contribution in [0.15, 0.2) is 71.9 Å². The number of ether oxygens (including phenoxy) is 3. The van der Waals surface area contributed by atoms with Crippen molar-refractivity contribution in [3.05, 3.63) is 83.7 Å². The number of allylic oxidation sites excluding steroid dienone is 1. The number of benzene rings is 2. The zero-order valence-electron chi connectivity index (χ0n) is 32.1. The van der Waals surface area contributed by atoms with Crippen LogP contribution in [0.3, 0.4) is 0 Å². The first kappa shape index (κ1) is 39.9. The number of aliphatic hydroxyl groups excluding tert-OH is 2. The van der Waals surface area contributed by atoms with Crippen molar-refractivity contribution in [2.45, 2.75) is 108 Å². The van der Waals surface area contributed by atoms with Gasteiger partial charge in [0.25, 0.3) is 0 Å². The standard InChI is InChI=1S/C44H59FN2O7/c1-4-25-53-44-40(47(2)41(50)22-19-30-13-5-6-14-30)28-38(46-51-3)35-26-31(15-9-11-23-48)34(17-10-12-24-49)42(43(35)44)36-27-33(20-21-39(36)54-44)52-29-32-16-7-8-18-37(32)45/h4,7-8,16,18,20-21,26-27,30-31,34,40,42-43,48-49H,1,5-6,9-15,17,19,22-25,28-29H2,2-3H3. The van der Waals surface area contributed by atoms with E-state index in [4.69, 9.17) is 19.0 Å². The molecule has 9 nitrogen and oxygen atoms in total. The van der Waals surface area contributed by atoms with E-state index in [2.05, 4.69) is 17.8 Å². The van der Waals surface area contributed by atoms with Gasteiger partial charge in [-0.3, -0.25) is 4.79 Å². The summed E-state index contributed by atoms with van der Waals surface area (Å²) in [4.78, 5) is 21.5. The maximum Gasteiger partial charge on any atom is 0.239 e. The molecule has 0 aromatic heterocycles. The molecule has 0 saturated heterocycles. The molecule has 2 N–H and O–H groups in total. The predicted octanol–water partition coefficient (Wildman–Crippen LogP) is 8.10. The van der Waals surface area contributed by atoms with Gasteiger partial charge in [0, 0.05) is 50.1 Å². The third-order valence-corrected chi connectivity index (χ3v) is 12.3. The molecule has 1 aliphatic heterocycles. The molecule has 2 fully saturated rings. The Bertz CT molecular complexity index is 1640. The van der Waals surface area contributed by atoms with Gasteiger partial charge < -0.3 is 34.2 Å². The van der Waals surface area contributed by atoms with Crippen molar-refractivity contribution in [2.75, 3.05) is 34.0 Å². The molecule has 0 radical (unpaired) electrons. The number of unbranched alkanes of at least 4 members (excludes halogenated alkanes) is 2. The highest BCUT2D eigenvalue weighted by atomic mass is 19.1. The first-order valence-electron chi connectivity index (χ1n) is 20.1. The Hall–Kier alpha value is -3.73. The van der Waals surface area contributed by atoms with Gasteiger partial charge in [0.15, 0.2) is 0 Å². The molecule has 10 heteroatoms. The van der Waals surface area contributed by atoms with Crippen LogP contribution in [0.4, 0.5) is 4.39 Å². The van der Waals surface area contributed by atoms with Gasteiger partial charge >= 0.3 is 0 Å². The SMILES string of the molecule is C=CCOC12Oc3ccc(OCc4ccccc4F)cc3C3C(CCCCO)C(CCCCO)C=C(C(=NOC)CC1N(C)C(=O)CCC1CCCC1)C32. The number of halogens is 1. The summed E-state index contributed by atoms with van der Waals surface area (Å²) in [5, 5.41) is 24.2. The second-order valence-electron chi connectivity index (χ2n) is 15.5. The number of nitrogens with zero attached hydrogens (tertiary/aromatic N) is 2. The van der Waals surface area contributed by atoms with Gasteiger partial charge in [0.05, 0.1) is 18.2 Å². The van der Waals surface area contributed by atoms with Crippen LogP contribution in [-0.4, -0.2) is 72.5 Å². The third-order valence-electron chi connectivity index (χ3n) is 12.3. The monoisotopic (exact) mass is 746 g/mol. The predicted molar refractivity (Wildman–Crippen MR) is 207 cm³/mol. The van der Waals surface area contributed by atoms with Gasteiger partial charge in [0.2, 0.25) is 11.7 Å². The second kappa shape index (κ2) is 18.7. The second-order valence-corrected chi connectivity index (χ2v) is 15.5. The summed E-state index contributed by atoms with van der Waals surface area (Å²) >= 11 is 0. The van der Waals surface area contributed by atoms with E-state index >= 15 is 0 Å².